The molecule has 3 rings (SSSR count). The highest BCUT2D eigenvalue weighted by molar-refractivity contribution is 6.06. The Morgan fingerprint density at radius 3 is 2.95 bits per heavy atom. The lowest BCUT2D eigenvalue weighted by atomic mass is 10.1. The monoisotopic (exact) mass is 257 g/mol. The molecule has 0 aliphatic carbocycles. The van der Waals surface area contributed by atoms with Crippen molar-refractivity contribution in [3.05, 3.63) is 46.2 Å². The van der Waals surface area contributed by atoms with Gasteiger partial charge in [-0.1, -0.05) is 18.2 Å². The largest absolute Gasteiger partial charge is 0.348 e. The summed E-state index contributed by atoms with van der Waals surface area (Å²) in [5, 5.41) is 6.92. The summed E-state index contributed by atoms with van der Waals surface area (Å²) in [4.78, 5) is 26.6. The van der Waals surface area contributed by atoms with E-state index in [0.29, 0.717) is 11.1 Å². The quantitative estimate of drug-likeness (QED) is 0.738. The van der Waals surface area contributed by atoms with E-state index in [2.05, 4.69) is 15.6 Å². The average Bonchev–Trinajstić information content (AvgIpc) is 2.90. The van der Waals surface area contributed by atoms with Crippen LogP contribution in [0.15, 0.2) is 35.1 Å². The third kappa shape index (κ3) is 2.37. The highest BCUT2D eigenvalue weighted by atomic mass is 16.2. The second kappa shape index (κ2) is 4.85. The van der Waals surface area contributed by atoms with Crippen LogP contribution in [-0.2, 0) is 0 Å². The maximum absolute atomic E-state index is 12.3. The van der Waals surface area contributed by atoms with Gasteiger partial charge in [-0.15, -0.1) is 0 Å². The lowest BCUT2D eigenvalue weighted by Crippen LogP contribution is -2.36. The number of hydrogen-bond donors (Lipinski definition) is 3. The van der Waals surface area contributed by atoms with Crippen molar-refractivity contribution in [3.8, 4) is 0 Å². The molecule has 1 fully saturated rings. The van der Waals surface area contributed by atoms with Gasteiger partial charge in [0.05, 0.1) is 5.56 Å². The summed E-state index contributed by atoms with van der Waals surface area (Å²) in [6.45, 7) is 1.70. The van der Waals surface area contributed by atoms with Crippen LogP contribution in [0.5, 0.6) is 0 Å². The zero-order valence-electron chi connectivity index (χ0n) is 10.4. The number of pyridine rings is 1. The molecule has 0 radical (unpaired) electrons. The number of amides is 1. The second-order valence-corrected chi connectivity index (χ2v) is 4.76. The minimum absolute atomic E-state index is 0.144. The maximum atomic E-state index is 12.3. The molecule has 1 aliphatic rings. The van der Waals surface area contributed by atoms with Crippen LogP contribution in [0.2, 0.25) is 0 Å². The van der Waals surface area contributed by atoms with Crippen molar-refractivity contribution in [2.24, 2.45) is 0 Å². The lowest BCUT2D eigenvalue weighted by Gasteiger charge is -2.12. The van der Waals surface area contributed by atoms with Crippen LogP contribution in [0.1, 0.15) is 16.8 Å². The Kier molecular flexibility index (Phi) is 3.05. The van der Waals surface area contributed by atoms with Gasteiger partial charge in [-0.2, -0.15) is 0 Å². The molecule has 2 heterocycles. The summed E-state index contributed by atoms with van der Waals surface area (Å²) in [5.74, 6) is -0.184. The van der Waals surface area contributed by atoms with Crippen LogP contribution in [0.4, 0.5) is 0 Å². The molecule has 3 N–H and O–H groups in total. The Labute approximate surface area is 110 Å². The Morgan fingerprint density at radius 2 is 2.16 bits per heavy atom. The zero-order valence-corrected chi connectivity index (χ0v) is 10.4. The highest BCUT2D eigenvalue weighted by Crippen LogP contribution is 2.14. The number of aromatic nitrogens is 1. The van der Waals surface area contributed by atoms with Crippen molar-refractivity contribution >= 4 is 16.8 Å². The standard InChI is InChI=1S/C14H15N3O2/c18-13-7-11(10-3-1-2-4-12(10)17-13)14(19)16-9-5-6-15-8-9/h1-4,7,9,15H,5-6,8H2,(H,16,19)(H,17,18). The van der Waals surface area contributed by atoms with Crippen LogP contribution in [0.3, 0.4) is 0 Å². The molecule has 5 nitrogen and oxygen atoms in total. The molecular weight excluding hydrogens is 242 g/mol. The Balaban J connectivity index is 1.98. The predicted molar refractivity (Wildman–Crippen MR) is 73.3 cm³/mol. The van der Waals surface area contributed by atoms with Gasteiger partial charge in [-0.3, -0.25) is 9.59 Å². The summed E-state index contributed by atoms with van der Waals surface area (Å²) < 4.78 is 0. The van der Waals surface area contributed by atoms with Gasteiger partial charge >= 0.3 is 0 Å². The number of H-pyrrole nitrogens is 1. The van der Waals surface area contributed by atoms with E-state index in [4.69, 9.17) is 0 Å². The van der Waals surface area contributed by atoms with Crippen molar-refractivity contribution in [2.45, 2.75) is 12.5 Å². The summed E-state index contributed by atoms with van der Waals surface area (Å²) in [6.07, 6.45) is 0.923. The summed E-state index contributed by atoms with van der Waals surface area (Å²) in [7, 11) is 0. The summed E-state index contributed by atoms with van der Waals surface area (Å²) in [5.41, 5.74) is 0.865. The average molecular weight is 257 g/mol. The van der Waals surface area contributed by atoms with E-state index < -0.39 is 0 Å². The molecule has 1 aromatic carbocycles. The molecule has 1 amide bonds. The Hall–Kier alpha value is -2.14. The van der Waals surface area contributed by atoms with Gasteiger partial charge in [0.2, 0.25) is 5.56 Å². The van der Waals surface area contributed by atoms with E-state index in [-0.39, 0.29) is 17.5 Å². The number of rotatable bonds is 2. The molecule has 1 aliphatic heterocycles. The van der Waals surface area contributed by atoms with Gasteiger partial charge in [0.1, 0.15) is 0 Å². The number of carbonyl (C=O) groups is 1. The fourth-order valence-electron chi connectivity index (χ4n) is 2.43. The molecule has 0 spiro atoms. The van der Waals surface area contributed by atoms with Gasteiger partial charge in [0.15, 0.2) is 0 Å². The number of fused-ring (bicyclic) bond motifs is 1. The molecule has 1 aromatic heterocycles. The first-order chi connectivity index (χ1) is 9.24. The first-order valence-corrected chi connectivity index (χ1v) is 6.38. The fourth-order valence-corrected chi connectivity index (χ4v) is 2.43. The number of aromatic amines is 1. The van der Waals surface area contributed by atoms with Gasteiger partial charge < -0.3 is 15.6 Å². The number of hydrogen-bond acceptors (Lipinski definition) is 3. The van der Waals surface area contributed by atoms with Crippen LogP contribution in [0, 0.1) is 0 Å². The van der Waals surface area contributed by atoms with Gasteiger partial charge in [0, 0.05) is 29.6 Å². The van der Waals surface area contributed by atoms with Gasteiger partial charge in [-0.05, 0) is 19.0 Å². The first-order valence-electron chi connectivity index (χ1n) is 6.38. The molecule has 19 heavy (non-hydrogen) atoms. The van der Waals surface area contributed by atoms with E-state index in [1.807, 2.05) is 18.2 Å². The van der Waals surface area contributed by atoms with Crippen LogP contribution < -0.4 is 16.2 Å². The molecule has 0 bridgehead atoms. The third-order valence-electron chi connectivity index (χ3n) is 3.39. The molecule has 2 aromatic rings. The van der Waals surface area contributed by atoms with E-state index in [0.717, 1.165) is 24.9 Å². The molecule has 1 saturated heterocycles. The normalized spacial score (nSPS) is 18.6. The molecule has 98 valence electrons. The highest BCUT2D eigenvalue weighted by Gasteiger charge is 2.19. The minimum atomic E-state index is -0.256. The van der Waals surface area contributed by atoms with Crippen molar-refractivity contribution in [3.63, 3.8) is 0 Å². The van der Waals surface area contributed by atoms with Crippen molar-refractivity contribution in [1.82, 2.24) is 15.6 Å². The minimum Gasteiger partial charge on any atom is -0.348 e. The van der Waals surface area contributed by atoms with Gasteiger partial charge in [-0.25, -0.2) is 0 Å². The van der Waals surface area contributed by atoms with Crippen LogP contribution in [-0.4, -0.2) is 30.0 Å². The molecule has 0 saturated carbocycles. The van der Waals surface area contributed by atoms with E-state index in [9.17, 15) is 9.59 Å². The predicted octanol–water partition coefficient (Wildman–Crippen LogP) is 0.620. The zero-order chi connectivity index (χ0) is 13.2. The second-order valence-electron chi connectivity index (χ2n) is 4.76. The van der Waals surface area contributed by atoms with Crippen molar-refractivity contribution < 1.29 is 4.79 Å². The number of nitrogens with one attached hydrogen (secondary N) is 3. The lowest BCUT2D eigenvalue weighted by molar-refractivity contribution is 0.0941. The van der Waals surface area contributed by atoms with Gasteiger partial charge in [0.25, 0.3) is 5.91 Å². The maximum Gasteiger partial charge on any atom is 0.252 e. The van der Waals surface area contributed by atoms with E-state index in [1.165, 1.54) is 6.07 Å². The van der Waals surface area contributed by atoms with E-state index in [1.54, 1.807) is 6.07 Å². The SMILES string of the molecule is O=C(NC1CCNC1)c1cc(=O)[nH]c2ccccc12. The van der Waals surface area contributed by atoms with Crippen LogP contribution in [0.25, 0.3) is 10.9 Å². The topological polar surface area (TPSA) is 74.0 Å². The molecule has 1 atom stereocenters. The number of carbonyl (C=O) groups excluding carboxylic acids is 1. The van der Waals surface area contributed by atoms with Crippen LogP contribution >= 0.6 is 0 Å². The third-order valence-corrected chi connectivity index (χ3v) is 3.39. The molecule has 5 heteroatoms. The summed E-state index contributed by atoms with van der Waals surface area (Å²) >= 11 is 0. The van der Waals surface area contributed by atoms with Crippen molar-refractivity contribution in [2.75, 3.05) is 13.1 Å². The number of benzene rings is 1. The smallest absolute Gasteiger partial charge is 0.252 e. The van der Waals surface area contributed by atoms with Crippen molar-refractivity contribution in [1.29, 1.82) is 0 Å². The fraction of sp³-hybridized carbons (Fsp3) is 0.286. The summed E-state index contributed by atoms with van der Waals surface area (Å²) in [6, 6.07) is 8.83. The first kappa shape index (κ1) is 11.9. The molecular formula is C14H15N3O2. The number of para-hydroxylation sites is 1. The Bertz CT molecular complexity index is 672. The molecule has 1 unspecified atom stereocenters. The van der Waals surface area contributed by atoms with E-state index >= 15 is 0 Å². The Morgan fingerprint density at radius 1 is 1.32 bits per heavy atom.